The van der Waals surface area contributed by atoms with E-state index >= 15 is 0 Å². The van der Waals surface area contributed by atoms with Gasteiger partial charge in [0.25, 0.3) is 5.91 Å². The van der Waals surface area contributed by atoms with Crippen molar-refractivity contribution in [3.8, 4) is 5.13 Å². The molecule has 0 aliphatic rings. The molecule has 0 saturated carbocycles. The Hall–Kier alpha value is -1.99. The third-order valence-electron chi connectivity index (χ3n) is 3.78. The Bertz CT molecular complexity index is 757. The van der Waals surface area contributed by atoms with Crippen LogP contribution in [0.1, 0.15) is 42.5 Å². The number of ketones is 1. The molecular weight excluding hydrogens is 336 g/mol. The van der Waals surface area contributed by atoms with Crippen molar-refractivity contribution in [3.63, 3.8) is 0 Å². The zero-order valence-electron chi connectivity index (χ0n) is 15.8. The Morgan fingerprint density at radius 3 is 2.52 bits per heavy atom. The zero-order chi connectivity index (χ0) is 18.8. The highest BCUT2D eigenvalue weighted by molar-refractivity contribution is 7.12. The summed E-state index contributed by atoms with van der Waals surface area (Å²) < 4.78 is 2.00. The maximum absolute atomic E-state index is 12.7. The summed E-state index contributed by atoms with van der Waals surface area (Å²) in [5.74, 6) is -0.0111. The molecule has 0 bridgehead atoms. The number of thiazole rings is 1. The molecule has 6 nitrogen and oxygen atoms in total. The number of hydrogen-bond acceptors (Lipinski definition) is 4. The number of carbonyl (C=O) groups is 2. The van der Waals surface area contributed by atoms with Gasteiger partial charge in [-0.3, -0.25) is 14.2 Å². The van der Waals surface area contributed by atoms with Gasteiger partial charge in [-0.15, -0.1) is 11.3 Å². The molecule has 2 heterocycles. The van der Waals surface area contributed by atoms with E-state index in [0.717, 1.165) is 21.4 Å². The highest BCUT2D eigenvalue weighted by Gasteiger charge is 2.22. The monoisotopic (exact) mass is 363 g/mol. The molecule has 2 N–H and O–H groups in total. The van der Waals surface area contributed by atoms with E-state index in [0.29, 0.717) is 5.56 Å². The lowest BCUT2D eigenvalue weighted by atomic mass is 10.1. The number of Topliss-reactive ketones (excluding diaryl/α,β-unsaturated/α-hetero) is 1. The van der Waals surface area contributed by atoms with Gasteiger partial charge in [0.05, 0.1) is 7.05 Å². The van der Waals surface area contributed by atoms with Crippen molar-refractivity contribution < 1.29 is 14.5 Å². The lowest BCUT2D eigenvalue weighted by Crippen LogP contribution is -3.11. The van der Waals surface area contributed by atoms with Crippen molar-refractivity contribution in [2.24, 2.45) is 0 Å². The van der Waals surface area contributed by atoms with Gasteiger partial charge in [0.15, 0.2) is 11.7 Å². The Morgan fingerprint density at radius 2 is 1.96 bits per heavy atom. The molecular formula is C18H27N4O2S+. The molecule has 2 aromatic rings. The van der Waals surface area contributed by atoms with Crippen LogP contribution in [0.25, 0.3) is 5.13 Å². The normalized spacial score (nSPS) is 12.9. The first-order valence-electron chi connectivity index (χ1n) is 8.33. The zero-order valence-corrected chi connectivity index (χ0v) is 16.6. The Balaban J connectivity index is 2.06. The number of hydrogen-bond donors (Lipinski definition) is 2. The van der Waals surface area contributed by atoms with Gasteiger partial charge < -0.3 is 10.2 Å². The van der Waals surface area contributed by atoms with Gasteiger partial charge in [-0.1, -0.05) is 0 Å². The van der Waals surface area contributed by atoms with E-state index < -0.39 is 0 Å². The molecule has 0 fully saturated rings. The molecule has 0 spiro atoms. The number of likely N-dealkylation sites (N-methyl/N-ethyl adjacent to an activating group) is 1. The van der Waals surface area contributed by atoms with Crippen LogP contribution >= 0.6 is 11.3 Å². The molecule has 7 heteroatoms. The van der Waals surface area contributed by atoms with Gasteiger partial charge in [0.1, 0.15) is 6.54 Å². The Labute approximate surface area is 152 Å². The fourth-order valence-corrected chi connectivity index (χ4v) is 3.59. The fraction of sp³-hybridized carbons (Fsp3) is 0.500. The number of quaternary nitrogens is 1. The van der Waals surface area contributed by atoms with Crippen LogP contribution in [-0.4, -0.2) is 46.9 Å². The van der Waals surface area contributed by atoms with Crippen LogP contribution in [-0.2, 0) is 4.79 Å². The highest BCUT2D eigenvalue weighted by atomic mass is 32.1. The first-order chi connectivity index (χ1) is 11.6. The largest absolute Gasteiger partial charge is 0.347 e. The van der Waals surface area contributed by atoms with Gasteiger partial charge >= 0.3 is 0 Å². The fourth-order valence-electron chi connectivity index (χ4n) is 2.83. The summed E-state index contributed by atoms with van der Waals surface area (Å²) in [5, 5.41) is 5.70. The standard InChI is InChI=1S/C18H26N4O2S/c1-12-9-14(13(2)22(12)17-19-7-8-25-17)15(23)10-21(6)11-16(24)20-18(3,4)5/h7-9H,10-11H2,1-6H3,(H,20,24)/p+1. The number of aromatic nitrogens is 2. The van der Waals surface area contributed by atoms with Crippen molar-refractivity contribution in [2.75, 3.05) is 20.1 Å². The molecule has 0 saturated heterocycles. The predicted molar refractivity (Wildman–Crippen MR) is 99.8 cm³/mol. The molecule has 0 aromatic carbocycles. The van der Waals surface area contributed by atoms with E-state index in [1.165, 1.54) is 11.3 Å². The van der Waals surface area contributed by atoms with E-state index in [2.05, 4.69) is 10.3 Å². The summed E-state index contributed by atoms with van der Waals surface area (Å²) in [6.45, 7) is 10.3. The van der Waals surface area contributed by atoms with Crippen molar-refractivity contribution in [1.82, 2.24) is 14.9 Å². The third-order valence-corrected chi connectivity index (χ3v) is 4.54. The van der Waals surface area contributed by atoms with Crippen LogP contribution in [0.4, 0.5) is 0 Å². The third kappa shape index (κ3) is 4.99. The molecule has 2 aromatic heterocycles. The van der Waals surface area contributed by atoms with E-state index in [9.17, 15) is 9.59 Å². The van der Waals surface area contributed by atoms with Gasteiger partial charge in [0.2, 0.25) is 5.78 Å². The summed E-state index contributed by atoms with van der Waals surface area (Å²) >= 11 is 1.54. The average Bonchev–Trinajstić information content (AvgIpc) is 3.04. The van der Waals surface area contributed by atoms with E-state index in [-0.39, 0.29) is 30.3 Å². The van der Waals surface area contributed by atoms with Crippen LogP contribution in [0.3, 0.4) is 0 Å². The minimum Gasteiger partial charge on any atom is -0.347 e. The second-order valence-corrected chi connectivity index (χ2v) is 8.34. The number of rotatable bonds is 6. The predicted octanol–water partition coefficient (Wildman–Crippen LogP) is 1.16. The lowest BCUT2D eigenvalue weighted by Gasteiger charge is -2.21. The average molecular weight is 364 g/mol. The second-order valence-electron chi connectivity index (χ2n) is 7.47. The van der Waals surface area contributed by atoms with Crippen LogP contribution in [0.5, 0.6) is 0 Å². The molecule has 1 amide bonds. The number of amides is 1. The number of aryl methyl sites for hydroxylation is 1. The summed E-state index contributed by atoms with van der Waals surface area (Å²) in [5.41, 5.74) is 2.31. The number of nitrogens with zero attached hydrogens (tertiary/aromatic N) is 2. The van der Waals surface area contributed by atoms with Crippen molar-refractivity contribution in [3.05, 3.63) is 34.6 Å². The molecule has 2 rings (SSSR count). The van der Waals surface area contributed by atoms with E-state index in [1.54, 1.807) is 6.20 Å². The molecule has 1 unspecified atom stereocenters. The van der Waals surface area contributed by atoms with Crippen LogP contribution in [0, 0.1) is 13.8 Å². The quantitative estimate of drug-likeness (QED) is 0.757. The minimum atomic E-state index is -0.264. The maximum atomic E-state index is 12.7. The lowest BCUT2D eigenvalue weighted by molar-refractivity contribution is -0.862. The van der Waals surface area contributed by atoms with Crippen molar-refractivity contribution in [1.29, 1.82) is 0 Å². The number of nitrogens with one attached hydrogen (secondary N) is 2. The van der Waals surface area contributed by atoms with Gasteiger partial charge in [-0.2, -0.15) is 0 Å². The summed E-state index contributed by atoms with van der Waals surface area (Å²) in [4.78, 5) is 29.9. The van der Waals surface area contributed by atoms with E-state index in [1.807, 2.05) is 57.7 Å². The van der Waals surface area contributed by atoms with Crippen LogP contribution in [0.15, 0.2) is 17.6 Å². The summed E-state index contributed by atoms with van der Waals surface area (Å²) in [7, 11) is 1.86. The molecule has 136 valence electrons. The van der Waals surface area contributed by atoms with E-state index in [4.69, 9.17) is 0 Å². The summed E-state index contributed by atoms with van der Waals surface area (Å²) in [6, 6.07) is 1.90. The van der Waals surface area contributed by atoms with Crippen molar-refractivity contribution in [2.45, 2.75) is 40.2 Å². The van der Waals surface area contributed by atoms with Gasteiger partial charge in [0, 0.05) is 34.1 Å². The SMILES string of the molecule is Cc1cc(C(=O)C[NH+](C)CC(=O)NC(C)(C)C)c(C)n1-c1nccs1. The topological polar surface area (TPSA) is 68.4 Å². The smallest absolute Gasteiger partial charge is 0.275 e. The Kier molecular flexibility index (Phi) is 5.80. The molecule has 0 aliphatic heterocycles. The van der Waals surface area contributed by atoms with Gasteiger partial charge in [-0.05, 0) is 40.7 Å². The molecule has 0 aliphatic carbocycles. The van der Waals surface area contributed by atoms with Crippen molar-refractivity contribution >= 4 is 23.0 Å². The highest BCUT2D eigenvalue weighted by Crippen LogP contribution is 2.22. The van der Waals surface area contributed by atoms with Crippen LogP contribution < -0.4 is 10.2 Å². The Morgan fingerprint density at radius 1 is 1.28 bits per heavy atom. The molecule has 1 atom stereocenters. The maximum Gasteiger partial charge on any atom is 0.275 e. The molecule has 25 heavy (non-hydrogen) atoms. The first-order valence-corrected chi connectivity index (χ1v) is 9.21. The minimum absolute atomic E-state index is 0.0389. The number of carbonyl (C=O) groups excluding carboxylic acids is 2. The van der Waals surface area contributed by atoms with Crippen LogP contribution in [0.2, 0.25) is 0 Å². The second kappa shape index (κ2) is 7.49. The summed E-state index contributed by atoms with van der Waals surface area (Å²) in [6.07, 6.45) is 1.76. The molecule has 0 radical (unpaired) electrons. The first kappa shape index (κ1) is 19.3. The van der Waals surface area contributed by atoms with Gasteiger partial charge in [-0.25, -0.2) is 4.98 Å².